The molecule has 0 saturated heterocycles. The number of anilines is 2. The Morgan fingerprint density at radius 3 is 2.73 bits per heavy atom. The molecular weight excluding hydrogens is 589 g/mol. The summed E-state index contributed by atoms with van der Waals surface area (Å²) < 4.78 is 0.497. The summed E-state index contributed by atoms with van der Waals surface area (Å²) in [6.07, 6.45) is 1.51. The molecule has 0 radical (unpaired) electrons. The van der Waals surface area contributed by atoms with Gasteiger partial charge in [0.05, 0.1) is 34.6 Å². The van der Waals surface area contributed by atoms with Crippen molar-refractivity contribution >= 4 is 68.8 Å². The van der Waals surface area contributed by atoms with Crippen LogP contribution in [0.3, 0.4) is 0 Å². The number of allylic oxidation sites excluding steroid dienone is 3. The fourth-order valence-corrected chi connectivity index (χ4v) is 6.90. The zero-order valence-corrected chi connectivity index (χ0v) is 23.8. The van der Waals surface area contributed by atoms with Gasteiger partial charge in [0.2, 0.25) is 11.0 Å². The molecule has 0 saturated carbocycles. The van der Waals surface area contributed by atoms with Gasteiger partial charge in [0, 0.05) is 27.7 Å². The molecule has 40 heavy (non-hydrogen) atoms. The number of nitrogens with zero attached hydrogens (tertiary/aromatic N) is 5. The molecule has 3 aromatic rings. The maximum absolute atomic E-state index is 13.3. The number of amides is 1. The summed E-state index contributed by atoms with van der Waals surface area (Å²) in [5.74, 6) is -0.941. The highest BCUT2D eigenvalue weighted by Crippen LogP contribution is 2.48. The van der Waals surface area contributed by atoms with Crippen molar-refractivity contribution in [2.45, 2.75) is 29.5 Å². The standard InChI is InChI=1S/C27H19Cl2N7O2S2/c28-15-8-9-16(18(29)10-15)23-17(12-31)25(32)36(20-6-3-7-21(37)24(20)23)26-34-35-27(40-26)39-13-22(38)33-19-5-2-1-4-14(19)11-30/h1-2,4-5,8-10,23H,3,6-7,13,32H2,(H,33,38). The number of nitrogens with two attached hydrogens (primary N) is 1. The number of nitriles is 2. The van der Waals surface area contributed by atoms with E-state index in [4.69, 9.17) is 28.9 Å². The molecule has 13 heteroatoms. The number of halogens is 2. The lowest BCUT2D eigenvalue weighted by atomic mass is 9.76. The Kier molecular flexibility index (Phi) is 8.10. The molecule has 5 rings (SSSR count). The highest BCUT2D eigenvalue weighted by Gasteiger charge is 2.42. The van der Waals surface area contributed by atoms with Crippen LogP contribution in [0.1, 0.15) is 36.3 Å². The molecule has 1 aliphatic heterocycles. The van der Waals surface area contributed by atoms with E-state index in [1.54, 1.807) is 47.4 Å². The first kappa shape index (κ1) is 27.7. The van der Waals surface area contributed by atoms with Gasteiger partial charge in [0.1, 0.15) is 11.9 Å². The van der Waals surface area contributed by atoms with Gasteiger partial charge >= 0.3 is 0 Å². The number of aromatic nitrogens is 2. The first-order chi connectivity index (χ1) is 19.3. The maximum atomic E-state index is 13.3. The Hall–Kier alpha value is -3.87. The van der Waals surface area contributed by atoms with Crippen LogP contribution in [-0.4, -0.2) is 27.6 Å². The zero-order valence-electron chi connectivity index (χ0n) is 20.6. The van der Waals surface area contributed by atoms with E-state index in [2.05, 4.69) is 21.6 Å². The van der Waals surface area contributed by atoms with Crippen LogP contribution in [0.4, 0.5) is 10.8 Å². The average Bonchev–Trinajstić information content (AvgIpc) is 3.40. The number of carbonyl (C=O) groups is 2. The van der Waals surface area contributed by atoms with Crippen molar-refractivity contribution in [2.24, 2.45) is 5.73 Å². The van der Waals surface area contributed by atoms with Crippen molar-refractivity contribution in [3.05, 3.63) is 86.3 Å². The number of thioether (sulfide) groups is 1. The molecule has 9 nitrogen and oxygen atoms in total. The van der Waals surface area contributed by atoms with Crippen LogP contribution in [0.25, 0.3) is 0 Å². The molecule has 200 valence electrons. The van der Waals surface area contributed by atoms with Crippen molar-refractivity contribution in [3.63, 3.8) is 0 Å². The topological polar surface area (TPSA) is 149 Å². The number of para-hydroxylation sites is 1. The molecule has 1 atom stereocenters. The number of benzene rings is 2. The summed E-state index contributed by atoms with van der Waals surface area (Å²) in [5.41, 5.74) is 9.24. The lowest BCUT2D eigenvalue weighted by Gasteiger charge is -2.38. The Morgan fingerprint density at radius 2 is 1.98 bits per heavy atom. The van der Waals surface area contributed by atoms with Gasteiger partial charge in [-0.25, -0.2) is 0 Å². The minimum absolute atomic E-state index is 0.0345. The Morgan fingerprint density at radius 1 is 1.18 bits per heavy atom. The smallest absolute Gasteiger partial charge is 0.234 e. The summed E-state index contributed by atoms with van der Waals surface area (Å²) in [4.78, 5) is 27.4. The largest absolute Gasteiger partial charge is 0.384 e. The van der Waals surface area contributed by atoms with E-state index in [-0.39, 0.29) is 28.8 Å². The van der Waals surface area contributed by atoms with E-state index >= 15 is 0 Å². The van der Waals surface area contributed by atoms with Crippen molar-refractivity contribution in [3.8, 4) is 12.1 Å². The number of nitrogens with one attached hydrogen (secondary N) is 1. The molecule has 1 aliphatic carbocycles. The van der Waals surface area contributed by atoms with Crippen molar-refractivity contribution in [2.75, 3.05) is 16.0 Å². The highest BCUT2D eigenvalue weighted by molar-refractivity contribution is 8.01. The van der Waals surface area contributed by atoms with Crippen LogP contribution in [0.2, 0.25) is 10.0 Å². The van der Waals surface area contributed by atoms with Gasteiger partial charge < -0.3 is 11.1 Å². The first-order valence-electron chi connectivity index (χ1n) is 12.0. The Balaban J connectivity index is 1.43. The second kappa shape index (κ2) is 11.7. The second-order valence-electron chi connectivity index (χ2n) is 8.83. The monoisotopic (exact) mass is 607 g/mol. The van der Waals surface area contributed by atoms with Crippen LogP contribution in [0, 0.1) is 22.7 Å². The number of ketones is 1. The lowest BCUT2D eigenvalue weighted by Crippen LogP contribution is -2.38. The number of carbonyl (C=O) groups excluding carboxylic acids is 2. The molecule has 1 unspecified atom stereocenters. The SMILES string of the molecule is N#CC1=C(N)N(c2nnc(SCC(=O)Nc3ccccc3C#N)s2)C2=C(C(=O)CCC2)C1c1ccc(Cl)cc1Cl. The molecule has 1 amide bonds. The number of Topliss-reactive ketones (excluding diaryl/α,β-unsaturated/α-hetero) is 1. The predicted octanol–water partition coefficient (Wildman–Crippen LogP) is 5.75. The van der Waals surface area contributed by atoms with E-state index in [0.29, 0.717) is 66.9 Å². The average molecular weight is 609 g/mol. The fourth-order valence-electron chi connectivity index (χ4n) is 4.71. The molecule has 0 bridgehead atoms. The second-order valence-corrected chi connectivity index (χ2v) is 11.8. The van der Waals surface area contributed by atoms with Gasteiger partial charge in [-0.3, -0.25) is 14.5 Å². The third-order valence-corrected chi connectivity index (χ3v) is 9.03. The number of hydrogen-bond donors (Lipinski definition) is 2. The van der Waals surface area contributed by atoms with Crippen LogP contribution < -0.4 is 16.0 Å². The summed E-state index contributed by atoms with van der Waals surface area (Å²) in [5, 5.41) is 31.8. The van der Waals surface area contributed by atoms with Crippen LogP contribution >= 0.6 is 46.3 Å². The van der Waals surface area contributed by atoms with Gasteiger partial charge in [-0.15, -0.1) is 10.2 Å². The minimum Gasteiger partial charge on any atom is -0.384 e. The lowest BCUT2D eigenvalue weighted by molar-refractivity contribution is -0.116. The third kappa shape index (κ3) is 5.29. The van der Waals surface area contributed by atoms with E-state index in [1.165, 1.54) is 23.1 Å². The zero-order chi connectivity index (χ0) is 28.4. The van der Waals surface area contributed by atoms with E-state index in [0.717, 1.165) is 0 Å². The van der Waals surface area contributed by atoms with Crippen molar-refractivity contribution in [1.29, 1.82) is 10.5 Å². The van der Waals surface area contributed by atoms with Gasteiger partial charge in [-0.05, 0) is 42.7 Å². The molecule has 1 aromatic heterocycles. The van der Waals surface area contributed by atoms with Gasteiger partial charge in [0.25, 0.3) is 0 Å². The normalized spacial score (nSPS) is 16.9. The number of rotatable bonds is 6. The summed E-state index contributed by atoms with van der Waals surface area (Å²) >= 11 is 15.0. The maximum Gasteiger partial charge on any atom is 0.234 e. The van der Waals surface area contributed by atoms with Crippen LogP contribution in [0.15, 0.2) is 69.5 Å². The Labute approximate surface area is 247 Å². The van der Waals surface area contributed by atoms with Gasteiger partial charge in [-0.2, -0.15) is 10.5 Å². The van der Waals surface area contributed by atoms with Gasteiger partial charge in [0.15, 0.2) is 10.1 Å². The molecule has 0 spiro atoms. The van der Waals surface area contributed by atoms with E-state index in [1.807, 2.05) is 6.07 Å². The van der Waals surface area contributed by atoms with E-state index < -0.39 is 5.92 Å². The Bertz CT molecular complexity index is 1690. The summed E-state index contributed by atoms with van der Waals surface area (Å²) in [6.45, 7) is 0. The minimum atomic E-state index is -0.726. The molecule has 2 aliphatic rings. The molecule has 0 fully saturated rings. The van der Waals surface area contributed by atoms with Crippen LogP contribution in [0.5, 0.6) is 0 Å². The van der Waals surface area contributed by atoms with E-state index in [9.17, 15) is 20.1 Å². The molecule has 3 N–H and O–H groups in total. The van der Waals surface area contributed by atoms with Crippen molar-refractivity contribution < 1.29 is 9.59 Å². The van der Waals surface area contributed by atoms with Crippen molar-refractivity contribution in [1.82, 2.24) is 10.2 Å². The number of hydrogen-bond acceptors (Lipinski definition) is 10. The third-order valence-electron chi connectivity index (χ3n) is 6.42. The molecule has 2 aromatic carbocycles. The van der Waals surface area contributed by atoms with Crippen LogP contribution in [-0.2, 0) is 9.59 Å². The fraction of sp³-hybridized carbons (Fsp3) is 0.185. The molecule has 2 heterocycles. The summed E-state index contributed by atoms with van der Waals surface area (Å²) in [7, 11) is 0. The molecular formula is C27H19Cl2N7O2S2. The summed E-state index contributed by atoms with van der Waals surface area (Å²) in [6, 6.07) is 15.9. The van der Waals surface area contributed by atoms with Gasteiger partial charge in [-0.1, -0.05) is 64.5 Å². The first-order valence-corrected chi connectivity index (χ1v) is 14.5. The predicted molar refractivity (Wildman–Crippen MR) is 155 cm³/mol. The quantitative estimate of drug-likeness (QED) is 0.334. The highest BCUT2D eigenvalue weighted by atomic mass is 35.5.